The van der Waals surface area contributed by atoms with Crippen molar-refractivity contribution in [1.82, 2.24) is 5.32 Å². The molecule has 0 fully saturated rings. The molecule has 0 aliphatic heterocycles. The van der Waals surface area contributed by atoms with E-state index < -0.39 is 25.2 Å². The molecule has 1 aromatic carbocycles. The van der Waals surface area contributed by atoms with Crippen molar-refractivity contribution in [3.8, 4) is 5.75 Å². The Kier molecular flexibility index (Phi) is 6.51. The van der Waals surface area contributed by atoms with E-state index in [0.29, 0.717) is 17.9 Å². The molecule has 5 nitrogen and oxygen atoms in total. The highest BCUT2D eigenvalue weighted by atomic mass is 19.4. The number of amides is 1. The fraction of sp³-hybridized carbons (Fsp3) is 0.385. The molecule has 116 valence electrons. The van der Waals surface area contributed by atoms with Crippen molar-refractivity contribution in [2.75, 3.05) is 19.8 Å². The normalized spacial score (nSPS) is 11.4. The number of oxime groups is 1. The minimum Gasteiger partial charge on any atom is -0.494 e. The first kappa shape index (κ1) is 16.8. The van der Waals surface area contributed by atoms with E-state index in [2.05, 4.69) is 9.99 Å². The second-order valence-corrected chi connectivity index (χ2v) is 3.90. The van der Waals surface area contributed by atoms with Gasteiger partial charge in [-0.3, -0.25) is 4.79 Å². The lowest BCUT2D eigenvalue weighted by molar-refractivity contribution is -0.141. The number of carbonyl (C=O) groups is 1. The van der Waals surface area contributed by atoms with Crippen molar-refractivity contribution in [1.29, 1.82) is 0 Å². The Morgan fingerprint density at radius 3 is 2.57 bits per heavy atom. The Balaban J connectivity index is 2.29. The van der Waals surface area contributed by atoms with E-state index in [1.165, 1.54) is 6.21 Å². The Morgan fingerprint density at radius 1 is 1.33 bits per heavy atom. The molecule has 0 bridgehead atoms. The maximum atomic E-state index is 11.8. The number of benzene rings is 1. The van der Waals surface area contributed by atoms with E-state index in [0.717, 1.165) is 0 Å². The van der Waals surface area contributed by atoms with Crippen LogP contribution in [-0.4, -0.2) is 38.1 Å². The van der Waals surface area contributed by atoms with Gasteiger partial charge in [-0.1, -0.05) is 5.16 Å². The van der Waals surface area contributed by atoms with E-state index in [1.807, 2.05) is 6.92 Å². The molecule has 1 amide bonds. The number of rotatable bonds is 7. The largest absolute Gasteiger partial charge is 0.494 e. The molecular formula is C13H15F3N2O3. The van der Waals surface area contributed by atoms with Crippen molar-refractivity contribution < 1.29 is 27.5 Å². The van der Waals surface area contributed by atoms with Crippen LogP contribution in [0.2, 0.25) is 0 Å². The average molecular weight is 304 g/mol. The molecule has 0 aliphatic rings. The highest BCUT2D eigenvalue weighted by Gasteiger charge is 2.27. The number of nitrogens with zero attached hydrogens (tertiary/aromatic N) is 1. The maximum Gasteiger partial charge on any atom is 0.405 e. The molecule has 0 atom stereocenters. The minimum absolute atomic E-state index is 0.559. The fourth-order valence-corrected chi connectivity index (χ4v) is 1.26. The SMILES string of the molecule is CCOc1ccc(/C=N\OCC(=O)NCC(F)(F)F)cc1. The highest BCUT2D eigenvalue weighted by molar-refractivity contribution is 5.80. The summed E-state index contributed by atoms with van der Waals surface area (Å²) in [6.07, 6.45) is -3.10. The number of halogens is 3. The molecule has 21 heavy (non-hydrogen) atoms. The number of ether oxygens (including phenoxy) is 1. The zero-order valence-electron chi connectivity index (χ0n) is 11.3. The average Bonchev–Trinajstić information content (AvgIpc) is 2.43. The van der Waals surface area contributed by atoms with Gasteiger partial charge >= 0.3 is 6.18 Å². The van der Waals surface area contributed by atoms with Crippen LogP contribution in [0.15, 0.2) is 29.4 Å². The van der Waals surface area contributed by atoms with Crippen LogP contribution >= 0.6 is 0 Å². The van der Waals surface area contributed by atoms with E-state index in [4.69, 9.17) is 4.74 Å². The summed E-state index contributed by atoms with van der Waals surface area (Å²) in [5, 5.41) is 5.16. The van der Waals surface area contributed by atoms with Crippen molar-refractivity contribution in [2.45, 2.75) is 13.1 Å². The van der Waals surface area contributed by atoms with Gasteiger partial charge in [0.05, 0.1) is 12.8 Å². The third-order valence-electron chi connectivity index (χ3n) is 2.15. The topological polar surface area (TPSA) is 59.9 Å². The van der Waals surface area contributed by atoms with Gasteiger partial charge in [-0.15, -0.1) is 0 Å². The number of hydrogen-bond acceptors (Lipinski definition) is 4. The van der Waals surface area contributed by atoms with Gasteiger partial charge in [0.15, 0.2) is 6.61 Å². The highest BCUT2D eigenvalue weighted by Crippen LogP contribution is 2.12. The molecule has 1 N–H and O–H groups in total. The molecule has 1 aromatic rings. The Labute approximate surface area is 119 Å². The standard InChI is InChI=1S/C13H15F3N2O3/c1-2-20-11-5-3-10(4-6-11)7-18-21-8-12(19)17-9-13(14,15)16/h3-7H,2,8-9H2,1H3,(H,17,19)/b18-7-. The quantitative estimate of drug-likeness (QED) is 0.620. The molecule has 1 rings (SSSR count). The summed E-state index contributed by atoms with van der Waals surface area (Å²) in [5.41, 5.74) is 0.703. The van der Waals surface area contributed by atoms with Crippen LogP contribution in [0.25, 0.3) is 0 Å². The number of hydrogen-bond donors (Lipinski definition) is 1. The van der Waals surface area contributed by atoms with Crippen LogP contribution in [0.1, 0.15) is 12.5 Å². The van der Waals surface area contributed by atoms with Gasteiger partial charge in [0.25, 0.3) is 5.91 Å². The molecule has 0 spiro atoms. The first-order chi connectivity index (χ1) is 9.90. The van der Waals surface area contributed by atoms with Crippen LogP contribution in [0, 0.1) is 0 Å². The second-order valence-electron chi connectivity index (χ2n) is 3.90. The Hall–Kier alpha value is -2.25. The van der Waals surface area contributed by atoms with Crippen molar-refractivity contribution in [3.05, 3.63) is 29.8 Å². The predicted octanol–water partition coefficient (Wildman–Crippen LogP) is 2.11. The van der Waals surface area contributed by atoms with E-state index in [1.54, 1.807) is 29.6 Å². The van der Waals surface area contributed by atoms with Gasteiger partial charge in [0, 0.05) is 0 Å². The zero-order valence-corrected chi connectivity index (χ0v) is 11.3. The summed E-state index contributed by atoms with van der Waals surface area (Å²) >= 11 is 0. The third kappa shape index (κ3) is 7.81. The minimum atomic E-state index is -4.44. The first-order valence-electron chi connectivity index (χ1n) is 6.12. The van der Waals surface area contributed by atoms with Crippen LogP contribution in [0.5, 0.6) is 5.75 Å². The van der Waals surface area contributed by atoms with Crippen LogP contribution in [-0.2, 0) is 9.63 Å². The molecule has 0 saturated heterocycles. The maximum absolute atomic E-state index is 11.8. The first-order valence-corrected chi connectivity index (χ1v) is 6.12. The van der Waals surface area contributed by atoms with Gasteiger partial charge in [-0.05, 0) is 36.8 Å². The predicted molar refractivity (Wildman–Crippen MR) is 70.2 cm³/mol. The summed E-state index contributed by atoms with van der Waals surface area (Å²) in [6.45, 7) is 0.456. The smallest absolute Gasteiger partial charge is 0.405 e. The van der Waals surface area contributed by atoms with Crippen LogP contribution < -0.4 is 10.1 Å². The Bertz CT molecular complexity index is 473. The lowest BCUT2D eigenvalue weighted by atomic mass is 10.2. The number of carbonyl (C=O) groups excluding carboxylic acids is 1. The Morgan fingerprint density at radius 2 is 2.00 bits per heavy atom. The summed E-state index contributed by atoms with van der Waals surface area (Å²) in [4.78, 5) is 15.6. The van der Waals surface area contributed by atoms with Gasteiger partial charge in [0.1, 0.15) is 12.3 Å². The van der Waals surface area contributed by atoms with Gasteiger partial charge in [0.2, 0.25) is 0 Å². The van der Waals surface area contributed by atoms with E-state index in [9.17, 15) is 18.0 Å². The molecule has 0 heterocycles. The summed E-state index contributed by atoms with van der Waals surface area (Å²) in [6, 6.07) is 6.92. The van der Waals surface area contributed by atoms with Crippen LogP contribution in [0.4, 0.5) is 13.2 Å². The van der Waals surface area contributed by atoms with Gasteiger partial charge in [-0.2, -0.15) is 13.2 Å². The number of nitrogens with one attached hydrogen (secondary N) is 1. The molecular weight excluding hydrogens is 289 g/mol. The van der Waals surface area contributed by atoms with E-state index in [-0.39, 0.29) is 0 Å². The van der Waals surface area contributed by atoms with Crippen molar-refractivity contribution >= 4 is 12.1 Å². The van der Waals surface area contributed by atoms with Gasteiger partial charge in [-0.25, -0.2) is 0 Å². The molecule has 8 heteroatoms. The monoisotopic (exact) mass is 304 g/mol. The molecule has 0 saturated carbocycles. The van der Waals surface area contributed by atoms with Crippen molar-refractivity contribution in [3.63, 3.8) is 0 Å². The summed E-state index contributed by atoms with van der Waals surface area (Å²) < 4.78 is 40.7. The third-order valence-corrected chi connectivity index (χ3v) is 2.15. The fourth-order valence-electron chi connectivity index (χ4n) is 1.26. The van der Waals surface area contributed by atoms with E-state index >= 15 is 0 Å². The van der Waals surface area contributed by atoms with Crippen LogP contribution in [0.3, 0.4) is 0 Å². The molecule has 0 aliphatic carbocycles. The number of alkyl halides is 3. The second kappa shape index (κ2) is 8.13. The molecule has 0 aromatic heterocycles. The lowest BCUT2D eigenvalue weighted by Crippen LogP contribution is -2.35. The zero-order chi connectivity index (χ0) is 15.7. The summed E-state index contributed by atoms with van der Waals surface area (Å²) in [5.74, 6) is -0.182. The van der Waals surface area contributed by atoms with Gasteiger partial charge < -0.3 is 14.9 Å². The lowest BCUT2D eigenvalue weighted by Gasteiger charge is -2.07. The van der Waals surface area contributed by atoms with Crippen molar-refractivity contribution in [2.24, 2.45) is 5.16 Å². The summed E-state index contributed by atoms with van der Waals surface area (Å²) in [7, 11) is 0. The molecule has 0 unspecified atom stereocenters. The molecule has 0 radical (unpaired) electrons.